The number of epoxide rings is 2. The van der Waals surface area contributed by atoms with Gasteiger partial charge in [0.2, 0.25) is 9.84 Å². The van der Waals surface area contributed by atoms with Gasteiger partial charge in [0.25, 0.3) is 0 Å². The van der Waals surface area contributed by atoms with Gasteiger partial charge in [-0.1, -0.05) is 48.5 Å². The Morgan fingerprint density at radius 1 is 0.559 bits per heavy atom. The molecule has 0 amide bonds. The molecular formula is C48H44N6O4S. The summed E-state index contributed by atoms with van der Waals surface area (Å²) in [4.78, 5) is 0.416. The van der Waals surface area contributed by atoms with Crippen LogP contribution in [0.15, 0.2) is 153 Å². The Morgan fingerprint density at radius 3 is 1.34 bits per heavy atom. The molecule has 4 heterocycles. The minimum atomic E-state index is -3.80. The maximum absolute atomic E-state index is 13.9. The first-order chi connectivity index (χ1) is 28.9. The fourth-order valence-electron chi connectivity index (χ4n) is 8.16. The number of ether oxygens (including phenoxy) is 2. The lowest BCUT2D eigenvalue weighted by atomic mass is 10.1. The third-order valence-corrected chi connectivity index (χ3v) is 13.2. The average molecular weight is 801 g/mol. The van der Waals surface area contributed by atoms with E-state index in [0.29, 0.717) is 26.3 Å². The average Bonchev–Trinajstić information content (AvgIpc) is 4.22. The standard InChI is InChI=1S/C48H44N6O4S/c1-3-51-45-11-7-5-9-41(45)43-25-33(13-23-47(43)51)27-49-53(29-37-31-57-37)35-15-19-39(20-16-35)59(55,56)40-21-17-36(18-22-40)54(30-38-32-58-38)50-28-34-14-24-48-44(26-34)42-10-6-8-12-46(42)52(48)4-2/h5-28,37-38H,3-4,29-32H2,1-2H3/b49-27+,50-28+. The summed E-state index contributed by atoms with van der Waals surface area (Å²) in [5.41, 5.74) is 8.34. The molecule has 0 spiro atoms. The number of fused-ring (bicyclic) bond motifs is 6. The topological polar surface area (TPSA) is 100 Å². The molecular weight excluding hydrogens is 757 g/mol. The van der Waals surface area contributed by atoms with Crippen molar-refractivity contribution in [3.8, 4) is 0 Å². The molecule has 0 radical (unpaired) electrons. The molecule has 11 heteroatoms. The zero-order valence-corrected chi connectivity index (χ0v) is 33.8. The van der Waals surface area contributed by atoms with Gasteiger partial charge in [-0.05, 0) is 110 Å². The zero-order valence-electron chi connectivity index (χ0n) is 33.0. The predicted molar refractivity (Wildman–Crippen MR) is 238 cm³/mol. The highest BCUT2D eigenvalue weighted by Crippen LogP contribution is 2.32. The SMILES string of the molecule is CCn1c2ccccc2c2cc(/C=N/N(CC3CO3)c3ccc(S(=O)(=O)c4ccc(N(CC5CO5)/N=C/c5ccc6c(c5)c5ccccc5n6CC)cc4)cc3)ccc21. The molecule has 2 atom stereocenters. The van der Waals surface area contributed by atoms with Crippen LogP contribution in [0.4, 0.5) is 11.4 Å². The van der Waals surface area contributed by atoms with Gasteiger partial charge in [-0.3, -0.25) is 10.0 Å². The number of aryl methyl sites for hydroxylation is 2. The summed E-state index contributed by atoms with van der Waals surface area (Å²) in [6.07, 6.45) is 3.87. The Balaban J connectivity index is 0.874. The largest absolute Gasteiger partial charge is 0.371 e. The van der Waals surface area contributed by atoms with Gasteiger partial charge >= 0.3 is 0 Å². The van der Waals surface area contributed by atoms with Crippen molar-refractivity contribution in [2.24, 2.45) is 10.2 Å². The number of hydrazone groups is 2. The summed E-state index contributed by atoms with van der Waals surface area (Å²) in [6.45, 7) is 8.57. The van der Waals surface area contributed by atoms with Crippen LogP contribution in [-0.2, 0) is 32.4 Å². The number of nitrogens with zero attached hydrogens (tertiary/aromatic N) is 6. The highest BCUT2D eigenvalue weighted by molar-refractivity contribution is 7.91. The number of hydrogen-bond donors (Lipinski definition) is 0. The fourth-order valence-corrected chi connectivity index (χ4v) is 9.42. The van der Waals surface area contributed by atoms with Crippen molar-refractivity contribution >= 4 is 77.3 Å². The van der Waals surface area contributed by atoms with Gasteiger partial charge in [-0.2, -0.15) is 10.2 Å². The Bertz CT molecular complexity index is 2820. The molecule has 2 fully saturated rings. The molecule has 10 nitrogen and oxygen atoms in total. The third-order valence-electron chi connectivity index (χ3n) is 11.4. The second-order valence-electron chi connectivity index (χ2n) is 15.1. The van der Waals surface area contributed by atoms with E-state index in [1.807, 2.05) is 46.7 Å². The number of anilines is 2. The Morgan fingerprint density at radius 2 is 0.949 bits per heavy atom. The van der Waals surface area contributed by atoms with Gasteiger partial charge in [0, 0.05) is 56.7 Å². The van der Waals surface area contributed by atoms with E-state index in [4.69, 9.17) is 19.7 Å². The Labute approximate surface area is 343 Å². The quantitative estimate of drug-likeness (QED) is 0.0618. The second-order valence-corrected chi connectivity index (χ2v) is 17.1. The molecule has 0 bridgehead atoms. The van der Waals surface area contributed by atoms with Crippen molar-refractivity contribution < 1.29 is 17.9 Å². The van der Waals surface area contributed by atoms with E-state index in [1.165, 1.54) is 43.6 Å². The highest BCUT2D eigenvalue weighted by atomic mass is 32.2. The van der Waals surface area contributed by atoms with E-state index in [9.17, 15) is 8.42 Å². The summed E-state index contributed by atoms with van der Waals surface area (Å²) in [6, 6.07) is 43.6. The van der Waals surface area contributed by atoms with Crippen molar-refractivity contribution in [2.45, 2.75) is 48.9 Å². The van der Waals surface area contributed by atoms with Gasteiger partial charge < -0.3 is 18.6 Å². The van der Waals surface area contributed by atoms with Gasteiger partial charge in [-0.25, -0.2) is 8.42 Å². The monoisotopic (exact) mass is 800 g/mol. The van der Waals surface area contributed by atoms with Crippen LogP contribution in [0, 0.1) is 0 Å². The van der Waals surface area contributed by atoms with E-state index in [0.717, 1.165) is 35.6 Å². The number of benzene rings is 6. The molecule has 0 N–H and O–H groups in total. The first-order valence-electron chi connectivity index (χ1n) is 20.2. The normalized spacial score (nSPS) is 16.6. The molecule has 2 unspecified atom stereocenters. The van der Waals surface area contributed by atoms with Crippen LogP contribution in [0.3, 0.4) is 0 Å². The van der Waals surface area contributed by atoms with Crippen LogP contribution in [0.25, 0.3) is 43.6 Å². The minimum absolute atomic E-state index is 0.0760. The maximum Gasteiger partial charge on any atom is 0.206 e. The molecule has 2 saturated heterocycles. The van der Waals surface area contributed by atoms with Crippen molar-refractivity contribution in [1.82, 2.24) is 9.13 Å². The summed E-state index contributed by atoms with van der Waals surface area (Å²) in [5.74, 6) is 0. The van der Waals surface area contributed by atoms with Gasteiger partial charge in [0.05, 0.1) is 59.9 Å². The highest BCUT2D eigenvalue weighted by Gasteiger charge is 2.28. The molecule has 6 aromatic carbocycles. The van der Waals surface area contributed by atoms with Crippen LogP contribution in [0.2, 0.25) is 0 Å². The van der Waals surface area contributed by atoms with Crippen LogP contribution in [0.1, 0.15) is 25.0 Å². The molecule has 0 saturated carbocycles. The number of aromatic nitrogens is 2. The van der Waals surface area contributed by atoms with E-state index in [-0.39, 0.29) is 22.0 Å². The number of para-hydroxylation sites is 2. The molecule has 2 aromatic heterocycles. The summed E-state index contributed by atoms with van der Waals surface area (Å²) in [7, 11) is -3.80. The molecule has 0 aliphatic carbocycles. The van der Waals surface area contributed by atoms with Crippen molar-refractivity contribution in [3.63, 3.8) is 0 Å². The summed E-state index contributed by atoms with van der Waals surface area (Å²) in [5, 5.41) is 18.3. The third kappa shape index (κ3) is 7.15. The molecule has 59 heavy (non-hydrogen) atoms. The van der Waals surface area contributed by atoms with E-state index in [2.05, 4.69) is 108 Å². The fraction of sp³-hybridized carbons (Fsp3) is 0.208. The van der Waals surface area contributed by atoms with E-state index >= 15 is 0 Å². The van der Waals surface area contributed by atoms with Gasteiger partial charge in [0.15, 0.2) is 0 Å². The zero-order chi connectivity index (χ0) is 40.1. The minimum Gasteiger partial charge on any atom is -0.371 e. The predicted octanol–water partition coefficient (Wildman–Crippen LogP) is 9.25. The Kier molecular flexibility index (Phi) is 9.51. The molecule has 296 valence electrons. The summed E-state index contributed by atoms with van der Waals surface area (Å²) >= 11 is 0. The number of sulfone groups is 1. The maximum atomic E-state index is 13.9. The lowest BCUT2D eigenvalue weighted by Gasteiger charge is -2.19. The van der Waals surface area contributed by atoms with E-state index in [1.54, 1.807) is 24.3 Å². The van der Waals surface area contributed by atoms with E-state index < -0.39 is 9.84 Å². The Hall–Kier alpha value is -6.27. The molecule has 8 aromatic rings. The smallest absolute Gasteiger partial charge is 0.206 e. The van der Waals surface area contributed by atoms with Crippen LogP contribution in [-0.4, -0.2) is 68.5 Å². The first kappa shape index (κ1) is 37.0. The number of hydrogen-bond acceptors (Lipinski definition) is 8. The lowest BCUT2D eigenvalue weighted by Crippen LogP contribution is -2.22. The summed E-state index contributed by atoms with van der Waals surface area (Å²) < 4.78 is 43.6. The van der Waals surface area contributed by atoms with Crippen molar-refractivity contribution in [2.75, 3.05) is 36.3 Å². The first-order valence-corrected chi connectivity index (χ1v) is 21.7. The van der Waals surface area contributed by atoms with Crippen LogP contribution < -0.4 is 10.0 Å². The number of rotatable bonds is 14. The molecule has 10 rings (SSSR count). The van der Waals surface area contributed by atoms with Crippen LogP contribution >= 0.6 is 0 Å². The van der Waals surface area contributed by atoms with Gasteiger partial charge in [0.1, 0.15) is 12.2 Å². The van der Waals surface area contributed by atoms with Crippen molar-refractivity contribution in [1.29, 1.82) is 0 Å². The lowest BCUT2D eigenvalue weighted by molar-refractivity contribution is 0.408. The molecule has 2 aliphatic heterocycles. The van der Waals surface area contributed by atoms with Gasteiger partial charge in [-0.15, -0.1) is 0 Å². The van der Waals surface area contributed by atoms with Crippen molar-refractivity contribution in [3.05, 3.63) is 145 Å². The van der Waals surface area contributed by atoms with Crippen LogP contribution in [0.5, 0.6) is 0 Å². The second kappa shape index (κ2) is 15.2. The molecule has 2 aliphatic rings.